The van der Waals surface area contributed by atoms with Crippen molar-refractivity contribution in [1.82, 2.24) is 10.2 Å². The topological polar surface area (TPSA) is 55.0 Å². The Labute approximate surface area is 183 Å². The van der Waals surface area contributed by atoms with Crippen LogP contribution in [0.3, 0.4) is 0 Å². The first-order chi connectivity index (χ1) is 15.3. The van der Waals surface area contributed by atoms with Crippen molar-refractivity contribution in [3.8, 4) is 0 Å². The molecule has 4 nitrogen and oxygen atoms in total. The van der Waals surface area contributed by atoms with Gasteiger partial charge in [-0.1, -0.05) is 78.9 Å². The van der Waals surface area contributed by atoms with E-state index < -0.39 is 0 Å². The summed E-state index contributed by atoms with van der Waals surface area (Å²) in [6, 6.07) is 27.9. The monoisotopic (exact) mass is 408 g/mol. The molecule has 2 heterocycles. The highest BCUT2D eigenvalue weighted by molar-refractivity contribution is 5.93. The van der Waals surface area contributed by atoms with E-state index in [1.54, 1.807) is 0 Å². The van der Waals surface area contributed by atoms with Gasteiger partial charge < -0.3 is 10.6 Å². The van der Waals surface area contributed by atoms with Crippen LogP contribution < -0.4 is 10.6 Å². The summed E-state index contributed by atoms with van der Waals surface area (Å²) in [6.07, 6.45) is 3.06. The molecule has 0 unspecified atom stereocenters. The fourth-order valence-electron chi connectivity index (χ4n) is 4.65. The number of fused-ring (bicyclic) bond motifs is 1. The van der Waals surface area contributed by atoms with Gasteiger partial charge in [-0.3, -0.25) is 0 Å². The number of rotatable bonds is 5. The van der Waals surface area contributed by atoms with Crippen molar-refractivity contribution in [2.75, 3.05) is 18.0 Å². The number of aromatic nitrogens is 2. The third kappa shape index (κ3) is 4.17. The quantitative estimate of drug-likeness (QED) is 0.501. The van der Waals surface area contributed by atoms with Gasteiger partial charge >= 0.3 is 0 Å². The van der Waals surface area contributed by atoms with Crippen molar-refractivity contribution >= 4 is 16.6 Å². The highest BCUT2D eigenvalue weighted by Gasteiger charge is 2.23. The van der Waals surface area contributed by atoms with Gasteiger partial charge in [-0.05, 0) is 35.4 Å². The number of hydrogen-bond acceptors (Lipinski definition) is 4. The Morgan fingerprint density at radius 1 is 0.742 bits per heavy atom. The number of anilines is 1. The minimum atomic E-state index is 0.597. The van der Waals surface area contributed by atoms with Crippen LogP contribution >= 0.6 is 0 Å². The maximum Gasteiger partial charge on any atom is 0.159 e. The Morgan fingerprint density at radius 2 is 1.42 bits per heavy atom. The van der Waals surface area contributed by atoms with Crippen LogP contribution in [0.2, 0.25) is 0 Å². The molecule has 4 heteroatoms. The van der Waals surface area contributed by atoms with E-state index >= 15 is 0 Å². The second-order valence-corrected chi connectivity index (χ2v) is 8.39. The van der Waals surface area contributed by atoms with Crippen LogP contribution in [-0.4, -0.2) is 23.3 Å². The zero-order chi connectivity index (χ0) is 21.0. The Hall–Kier alpha value is -3.24. The fourth-order valence-corrected chi connectivity index (χ4v) is 4.65. The normalized spacial score (nSPS) is 14.8. The van der Waals surface area contributed by atoms with E-state index in [-0.39, 0.29) is 0 Å². The first-order valence-electron chi connectivity index (χ1n) is 11.1. The molecule has 0 radical (unpaired) electrons. The van der Waals surface area contributed by atoms with Gasteiger partial charge in [0.1, 0.15) is 0 Å². The minimum Gasteiger partial charge on any atom is -0.355 e. The molecule has 2 N–H and O–H groups in total. The molecule has 156 valence electrons. The van der Waals surface area contributed by atoms with Crippen molar-refractivity contribution < 1.29 is 0 Å². The van der Waals surface area contributed by atoms with Crippen LogP contribution in [0.1, 0.15) is 41.1 Å². The molecular weight excluding hydrogens is 380 g/mol. The average Bonchev–Trinajstić information content (AvgIpc) is 2.85. The van der Waals surface area contributed by atoms with Gasteiger partial charge in [0.25, 0.3) is 0 Å². The predicted molar refractivity (Wildman–Crippen MR) is 127 cm³/mol. The van der Waals surface area contributed by atoms with Crippen molar-refractivity contribution in [1.29, 1.82) is 0 Å². The summed E-state index contributed by atoms with van der Waals surface area (Å²) in [5.74, 6) is 1.61. The molecule has 1 aliphatic heterocycles. The lowest BCUT2D eigenvalue weighted by Crippen LogP contribution is -2.34. The van der Waals surface area contributed by atoms with E-state index in [9.17, 15) is 0 Å². The third-order valence-corrected chi connectivity index (χ3v) is 6.44. The first-order valence-corrected chi connectivity index (χ1v) is 11.1. The van der Waals surface area contributed by atoms with Crippen LogP contribution in [-0.2, 0) is 13.0 Å². The maximum absolute atomic E-state index is 5.74. The summed E-state index contributed by atoms with van der Waals surface area (Å²) >= 11 is 0. The highest BCUT2D eigenvalue weighted by Crippen LogP contribution is 2.33. The maximum atomic E-state index is 5.74. The molecule has 1 aliphatic rings. The van der Waals surface area contributed by atoms with Gasteiger partial charge in [-0.15, -0.1) is 5.10 Å². The lowest BCUT2D eigenvalue weighted by Gasteiger charge is -2.33. The standard InChI is InChI=1S/C27H28N4/c28-19-21-10-12-22(13-11-21)23-14-16-31(17-15-23)27-25-9-5-4-8-24(25)26(29-30-27)18-20-6-2-1-3-7-20/h1-13,23H,14-19,28H2. The summed E-state index contributed by atoms with van der Waals surface area (Å²) in [6.45, 7) is 2.60. The zero-order valence-corrected chi connectivity index (χ0v) is 17.7. The molecule has 5 rings (SSSR count). The van der Waals surface area contributed by atoms with Crippen LogP contribution in [0.15, 0.2) is 78.9 Å². The molecule has 0 bridgehead atoms. The second-order valence-electron chi connectivity index (χ2n) is 8.39. The van der Waals surface area contributed by atoms with Crippen LogP contribution in [0, 0.1) is 0 Å². The number of piperidine rings is 1. The van der Waals surface area contributed by atoms with Gasteiger partial charge in [0.15, 0.2) is 5.82 Å². The third-order valence-electron chi connectivity index (χ3n) is 6.44. The SMILES string of the molecule is NCc1ccc(C2CCN(c3nnc(Cc4ccccc4)c4ccccc34)CC2)cc1. The molecule has 1 saturated heterocycles. The number of nitrogens with zero attached hydrogens (tertiary/aromatic N) is 3. The van der Waals surface area contributed by atoms with E-state index in [1.807, 2.05) is 6.07 Å². The Kier molecular flexibility index (Phi) is 5.63. The predicted octanol–water partition coefficient (Wildman–Crippen LogP) is 5.06. The molecule has 0 aliphatic carbocycles. The molecule has 1 aromatic heterocycles. The number of benzene rings is 3. The zero-order valence-electron chi connectivity index (χ0n) is 17.7. The van der Waals surface area contributed by atoms with Crippen LogP contribution in [0.4, 0.5) is 5.82 Å². The smallest absolute Gasteiger partial charge is 0.159 e. The van der Waals surface area contributed by atoms with Crippen molar-refractivity contribution in [2.24, 2.45) is 5.73 Å². The van der Waals surface area contributed by atoms with E-state index in [0.717, 1.165) is 43.9 Å². The van der Waals surface area contributed by atoms with Crippen molar-refractivity contribution in [3.63, 3.8) is 0 Å². The number of nitrogens with two attached hydrogens (primary N) is 1. The molecule has 1 fully saturated rings. The van der Waals surface area contributed by atoms with E-state index in [2.05, 4.69) is 82.8 Å². The highest BCUT2D eigenvalue weighted by atomic mass is 15.3. The van der Waals surface area contributed by atoms with Gasteiger partial charge in [0.2, 0.25) is 0 Å². The first kappa shape index (κ1) is 19.7. The Balaban J connectivity index is 1.36. The fraction of sp³-hybridized carbons (Fsp3) is 0.259. The molecule has 4 aromatic rings. The van der Waals surface area contributed by atoms with Gasteiger partial charge in [-0.25, -0.2) is 0 Å². The minimum absolute atomic E-state index is 0.597. The lowest BCUT2D eigenvalue weighted by molar-refractivity contribution is 0.502. The van der Waals surface area contributed by atoms with Crippen molar-refractivity contribution in [3.05, 3.63) is 101 Å². The van der Waals surface area contributed by atoms with E-state index in [0.29, 0.717) is 12.5 Å². The van der Waals surface area contributed by atoms with Gasteiger partial charge in [0, 0.05) is 36.8 Å². The molecule has 0 atom stereocenters. The molecule has 3 aromatic carbocycles. The largest absolute Gasteiger partial charge is 0.355 e. The van der Waals surface area contributed by atoms with Crippen LogP contribution in [0.25, 0.3) is 10.8 Å². The van der Waals surface area contributed by atoms with Crippen LogP contribution in [0.5, 0.6) is 0 Å². The number of hydrogen-bond donors (Lipinski definition) is 1. The van der Waals surface area contributed by atoms with E-state index in [4.69, 9.17) is 10.8 Å². The average molecular weight is 409 g/mol. The summed E-state index contributed by atoms with van der Waals surface area (Å²) in [5.41, 5.74) is 10.7. The Morgan fingerprint density at radius 3 is 2.13 bits per heavy atom. The molecule has 31 heavy (non-hydrogen) atoms. The van der Waals surface area contributed by atoms with E-state index in [1.165, 1.54) is 27.5 Å². The Bertz CT molecular complexity index is 1150. The lowest BCUT2D eigenvalue weighted by atomic mass is 9.89. The summed E-state index contributed by atoms with van der Waals surface area (Å²) in [5, 5.41) is 11.8. The summed E-state index contributed by atoms with van der Waals surface area (Å²) in [7, 11) is 0. The molecule has 0 spiro atoms. The molecule has 0 saturated carbocycles. The molecule has 0 amide bonds. The van der Waals surface area contributed by atoms with Crippen molar-refractivity contribution in [2.45, 2.75) is 31.7 Å². The second kappa shape index (κ2) is 8.86. The van der Waals surface area contributed by atoms with Gasteiger partial charge in [-0.2, -0.15) is 5.10 Å². The molecular formula is C27H28N4. The summed E-state index contributed by atoms with van der Waals surface area (Å²) in [4.78, 5) is 2.41. The summed E-state index contributed by atoms with van der Waals surface area (Å²) < 4.78 is 0. The van der Waals surface area contributed by atoms with Gasteiger partial charge in [0.05, 0.1) is 5.69 Å².